The minimum Gasteiger partial charge on any atom is -0.388 e. The van der Waals surface area contributed by atoms with E-state index in [1.165, 1.54) is 0 Å². The zero-order chi connectivity index (χ0) is 14.3. The number of rotatable bonds is 3. The molecule has 1 N–H and O–H groups in total. The average molecular weight is 308 g/mol. The Balaban J connectivity index is 1.90. The van der Waals surface area contributed by atoms with Crippen LogP contribution in [-0.2, 0) is 13.5 Å². The molecule has 4 nitrogen and oxygen atoms in total. The standard InChI is InChI=1S/C14H14ClN3OS/c1-8-13(14(15)18(2)17-8)10(19)7-12-16-9-5-3-4-6-11(9)20-12/h3-6,10,19H,7H2,1-2H3. The van der Waals surface area contributed by atoms with Crippen LogP contribution in [0.25, 0.3) is 10.2 Å². The first-order valence-electron chi connectivity index (χ1n) is 6.27. The predicted octanol–water partition coefficient (Wildman–Crippen LogP) is 3.27. The Morgan fingerprint density at radius 2 is 2.15 bits per heavy atom. The fraction of sp³-hybridized carbons (Fsp3) is 0.286. The van der Waals surface area contributed by atoms with Crippen LogP contribution >= 0.6 is 22.9 Å². The molecular formula is C14H14ClN3OS. The largest absolute Gasteiger partial charge is 0.388 e. The highest BCUT2D eigenvalue weighted by molar-refractivity contribution is 7.18. The Bertz CT molecular complexity index is 732. The topological polar surface area (TPSA) is 50.9 Å². The van der Waals surface area contributed by atoms with Crippen LogP contribution in [0.3, 0.4) is 0 Å². The second-order valence-corrected chi connectivity index (χ2v) is 6.18. The molecule has 1 unspecified atom stereocenters. The Labute approximate surface area is 125 Å². The number of hydrogen-bond donors (Lipinski definition) is 1. The Hall–Kier alpha value is -1.43. The van der Waals surface area contributed by atoms with Gasteiger partial charge in [0.15, 0.2) is 0 Å². The first-order chi connectivity index (χ1) is 9.56. The third-order valence-corrected chi connectivity index (χ3v) is 4.74. The van der Waals surface area contributed by atoms with Gasteiger partial charge >= 0.3 is 0 Å². The molecule has 0 bridgehead atoms. The molecule has 1 aromatic carbocycles. The molecule has 6 heteroatoms. The molecular weight excluding hydrogens is 294 g/mol. The summed E-state index contributed by atoms with van der Waals surface area (Å²) in [4.78, 5) is 4.53. The van der Waals surface area contributed by atoms with Crippen LogP contribution in [0.2, 0.25) is 5.15 Å². The first-order valence-corrected chi connectivity index (χ1v) is 7.47. The normalized spacial score (nSPS) is 13.0. The van der Waals surface area contributed by atoms with Crippen molar-refractivity contribution in [2.24, 2.45) is 7.05 Å². The zero-order valence-corrected chi connectivity index (χ0v) is 12.7. The molecule has 3 rings (SSSR count). The number of halogens is 1. The molecule has 0 fully saturated rings. The number of nitrogens with zero attached hydrogens (tertiary/aromatic N) is 3. The maximum absolute atomic E-state index is 10.4. The smallest absolute Gasteiger partial charge is 0.132 e. The van der Waals surface area contributed by atoms with E-state index >= 15 is 0 Å². The number of aryl methyl sites for hydroxylation is 2. The van der Waals surface area contributed by atoms with Crippen LogP contribution in [0.15, 0.2) is 24.3 Å². The summed E-state index contributed by atoms with van der Waals surface area (Å²) < 4.78 is 2.71. The number of para-hydroxylation sites is 1. The van der Waals surface area contributed by atoms with Gasteiger partial charge in [-0.05, 0) is 19.1 Å². The number of hydrogen-bond acceptors (Lipinski definition) is 4. The summed E-state index contributed by atoms with van der Waals surface area (Å²) in [5, 5.41) is 16.0. The monoisotopic (exact) mass is 307 g/mol. The summed E-state index contributed by atoms with van der Waals surface area (Å²) in [5.74, 6) is 0. The van der Waals surface area contributed by atoms with Crippen molar-refractivity contribution in [2.75, 3.05) is 0 Å². The van der Waals surface area contributed by atoms with Gasteiger partial charge in [0.05, 0.1) is 27.0 Å². The lowest BCUT2D eigenvalue weighted by molar-refractivity contribution is 0.177. The third kappa shape index (κ3) is 2.32. The van der Waals surface area contributed by atoms with Gasteiger partial charge in [0.1, 0.15) is 5.15 Å². The number of thiazole rings is 1. The van der Waals surface area contributed by atoms with Crippen LogP contribution in [0, 0.1) is 6.92 Å². The van der Waals surface area contributed by atoms with Crippen molar-refractivity contribution in [3.8, 4) is 0 Å². The van der Waals surface area contributed by atoms with Gasteiger partial charge in [0.2, 0.25) is 0 Å². The third-order valence-electron chi connectivity index (χ3n) is 3.24. The molecule has 0 saturated heterocycles. The summed E-state index contributed by atoms with van der Waals surface area (Å²) in [5.41, 5.74) is 2.41. The number of benzene rings is 1. The second kappa shape index (κ2) is 5.16. The lowest BCUT2D eigenvalue weighted by Gasteiger charge is -2.08. The summed E-state index contributed by atoms with van der Waals surface area (Å²) in [6.07, 6.45) is -0.234. The zero-order valence-electron chi connectivity index (χ0n) is 11.2. The number of fused-ring (bicyclic) bond motifs is 1. The van der Waals surface area contributed by atoms with Crippen molar-refractivity contribution < 1.29 is 5.11 Å². The van der Waals surface area contributed by atoms with Crippen molar-refractivity contribution in [3.63, 3.8) is 0 Å². The molecule has 104 valence electrons. The van der Waals surface area contributed by atoms with Crippen molar-refractivity contribution >= 4 is 33.2 Å². The van der Waals surface area contributed by atoms with E-state index in [9.17, 15) is 5.11 Å². The van der Waals surface area contributed by atoms with E-state index in [4.69, 9.17) is 11.6 Å². The molecule has 0 radical (unpaired) electrons. The number of aromatic nitrogens is 3. The maximum atomic E-state index is 10.4. The molecule has 1 atom stereocenters. The highest BCUT2D eigenvalue weighted by Gasteiger charge is 2.21. The molecule has 2 heterocycles. The summed E-state index contributed by atoms with van der Waals surface area (Å²) in [7, 11) is 1.77. The lowest BCUT2D eigenvalue weighted by Crippen LogP contribution is -2.03. The molecule has 0 aliphatic carbocycles. The minimum absolute atomic E-state index is 0.450. The summed E-state index contributed by atoms with van der Waals surface area (Å²) >= 11 is 7.77. The van der Waals surface area contributed by atoms with Gasteiger partial charge in [-0.25, -0.2) is 4.98 Å². The van der Waals surface area contributed by atoms with Gasteiger partial charge in [0.25, 0.3) is 0 Å². The Morgan fingerprint density at radius 3 is 2.80 bits per heavy atom. The van der Waals surface area contributed by atoms with Gasteiger partial charge in [-0.15, -0.1) is 11.3 Å². The fourth-order valence-corrected chi connectivity index (χ4v) is 3.60. The minimum atomic E-state index is -0.684. The maximum Gasteiger partial charge on any atom is 0.132 e. The predicted molar refractivity (Wildman–Crippen MR) is 81.2 cm³/mol. The van der Waals surface area contributed by atoms with E-state index in [0.717, 1.165) is 20.9 Å². The molecule has 0 aliphatic rings. The average Bonchev–Trinajstić information content (AvgIpc) is 2.90. The molecule has 2 aromatic heterocycles. The lowest BCUT2D eigenvalue weighted by atomic mass is 10.1. The Kier molecular flexibility index (Phi) is 3.50. The van der Waals surface area contributed by atoms with Crippen LogP contribution in [-0.4, -0.2) is 19.9 Å². The van der Waals surface area contributed by atoms with E-state index < -0.39 is 6.10 Å². The van der Waals surface area contributed by atoms with E-state index in [1.807, 2.05) is 31.2 Å². The van der Waals surface area contributed by atoms with Gasteiger partial charge in [0, 0.05) is 19.0 Å². The second-order valence-electron chi connectivity index (χ2n) is 4.71. The SMILES string of the molecule is Cc1nn(C)c(Cl)c1C(O)Cc1nc2ccccc2s1. The van der Waals surface area contributed by atoms with Gasteiger partial charge < -0.3 is 5.11 Å². The van der Waals surface area contributed by atoms with Crippen molar-refractivity contribution in [1.29, 1.82) is 0 Å². The van der Waals surface area contributed by atoms with E-state index in [1.54, 1.807) is 23.1 Å². The van der Waals surface area contributed by atoms with Crippen molar-refractivity contribution in [2.45, 2.75) is 19.4 Å². The van der Waals surface area contributed by atoms with Crippen LogP contribution in [0.4, 0.5) is 0 Å². The molecule has 0 amide bonds. The van der Waals surface area contributed by atoms with Crippen LogP contribution in [0.5, 0.6) is 0 Å². The molecule has 0 saturated carbocycles. The quantitative estimate of drug-likeness (QED) is 0.808. The van der Waals surface area contributed by atoms with Crippen LogP contribution < -0.4 is 0 Å². The van der Waals surface area contributed by atoms with Crippen molar-refractivity contribution in [3.05, 3.63) is 45.7 Å². The molecule has 20 heavy (non-hydrogen) atoms. The summed E-state index contributed by atoms with van der Waals surface area (Å²) in [6.45, 7) is 1.85. The van der Waals surface area contributed by atoms with E-state index in [-0.39, 0.29) is 0 Å². The van der Waals surface area contributed by atoms with E-state index in [0.29, 0.717) is 17.1 Å². The highest BCUT2D eigenvalue weighted by Crippen LogP contribution is 2.30. The number of aliphatic hydroxyl groups is 1. The van der Waals surface area contributed by atoms with Crippen LogP contribution in [0.1, 0.15) is 22.4 Å². The molecule has 0 spiro atoms. The van der Waals surface area contributed by atoms with Gasteiger partial charge in [-0.2, -0.15) is 5.10 Å². The van der Waals surface area contributed by atoms with Gasteiger partial charge in [-0.3, -0.25) is 4.68 Å². The Morgan fingerprint density at radius 1 is 1.40 bits per heavy atom. The fourth-order valence-electron chi connectivity index (χ4n) is 2.30. The summed E-state index contributed by atoms with van der Waals surface area (Å²) in [6, 6.07) is 7.96. The van der Waals surface area contributed by atoms with Gasteiger partial charge in [-0.1, -0.05) is 23.7 Å². The van der Waals surface area contributed by atoms with Crippen molar-refractivity contribution in [1.82, 2.24) is 14.8 Å². The van der Waals surface area contributed by atoms with E-state index in [2.05, 4.69) is 10.1 Å². The molecule has 3 aromatic rings. The molecule has 0 aliphatic heterocycles. The number of aliphatic hydroxyl groups excluding tert-OH is 1. The highest BCUT2D eigenvalue weighted by atomic mass is 35.5. The first kappa shape index (κ1) is 13.5.